The molecule has 1 radical (unpaired) electrons. The van der Waals surface area contributed by atoms with Crippen LogP contribution in [-0.4, -0.2) is 0 Å². The lowest BCUT2D eigenvalue weighted by Gasteiger charge is -2.22. The van der Waals surface area contributed by atoms with E-state index in [9.17, 15) is 0 Å². The Kier molecular flexibility index (Phi) is 3.76. The van der Waals surface area contributed by atoms with Gasteiger partial charge in [-0.25, -0.2) is 0 Å². The summed E-state index contributed by atoms with van der Waals surface area (Å²) in [6.07, 6.45) is 3.18. The van der Waals surface area contributed by atoms with Crippen molar-refractivity contribution in [2.45, 2.75) is 48.5 Å². The molecule has 0 amide bonds. The fourth-order valence-electron chi connectivity index (χ4n) is 1.03. The van der Waals surface area contributed by atoms with Gasteiger partial charge in [0.2, 0.25) is 0 Å². The fraction of sp³-hybridized carbons (Fsp3) is 0.667. The third-order valence-corrected chi connectivity index (χ3v) is 2.62. The maximum Gasteiger partial charge on any atom is -0.0170 e. The van der Waals surface area contributed by atoms with E-state index in [1.54, 1.807) is 0 Å². The Bertz CT molecular complexity index is 209. The number of hydrogen-bond acceptors (Lipinski definition) is 0. The van der Waals surface area contributed by atoms with Gasteiger partial charge >= 0.3 is 0 Å². The predicted molar refractivity (Wildman–Crippen MR) is 55.9 cm³/mol. The molecule has 0 bridgehead atoms. The van der Waals surface area contributed by atoms with Gasteiger partial charge in [-0.05, 0) is 50.3 Å². The maximum atomic E-state index is 3.18. The molecule has 0 aliphatic heterocycles. The summed E-state index contributed by atoms with van der Waals surface area (Å²) in [5.41, 5.74) is 4.38. The predicted octanol–water partition coefficient (Wildman–Crippen LogP) is 4.14. The third kappa shape index (κ3) is 2.84. The van der Waals surface area contributed by atoms with E-state index in [0.29, 0.717) is 0 Å². The normalized spacial score (nSPS) is 16.1. The second-order valence-corrected chi connectivity index (χ2v) is 4.38. The smallest absolute Gasteiger partial charge is 0.0170 e. The Balaban J connectivity index is 4.96. The molecule has 0 aliphatic carbocycles. The van der Waals surface area contributed by atoms with Crippen LogP contribution in [0.5, 0.6) is 0 Å². The molecule has 0 spiro atoms. The fourth-order valence-corrected chi connectivity index (χ4v) is 1.03. The minimum atomic E-state index is 0.280. The van der Waals surface area contributed by atoms with Gasteiger partial charge in [-0.15, -0.1) is 0 Å². The van der Waals surface area contributed by atoms with E-state index >= 15 is 0 Å². The third-order valence-electron chi connectivity index (χ3n) is 2.62. The minimum absolute atomic E-state index is 0.280. The molecule has 0 aromatic heterocycles. The zero-order chi connectivity index (χ0) is 9.94. The van der Waals surface area contributed by atoms with Crippen LogP contribution < -0.4 is 0 Å². The van der Waals surface area contributed by atoms with E-state index in [4.69, 9.17) is 0 Å². The highest BCUT2D eigenvalue weighted by Gasteiger charge is 2.15. The Labute approximate surface area is 77.4 Å². The Morgan fingerprint density at radius 2 is 1.42 bits per heavy atom. The van der Waals surface area contributed by atoms with E-state index in [-0.39, 0.29) is 5.41 Å². The van der Waals surface area contributed by atoms with Crippen LogP contribution in [0, 0.1) is 11.5 Å². The molecule has 0 aromatic carbocycles. The molecular weight excluding hydrogens is 144 g/mol. The summed E-state index contributed by atoms with van der Waals surface area (Å²) >= 11 is 0. The van der Waals surface area contributed by atoms with Gasteiger partial charge in [-0.2, -0.15) is 0 Å². The first-order chi connectivity index (χ1) is 5.30. The number of allylic oxidation sites excluding steroid dienone is 4. The Morgan fingerprint density at radius 1 is 1.00 bits per heavy atom. The van der Waals surface area contributed by atoms with E-state index in [1.807, 2.05) is 6.92 Å². The van der Waals surface area contributed by atoms with Crippen LogP contribution in [0.15, 0.2) is 16.7 Å². The summed E-state index contributed by atoms with van der Waals surface area (Å²) in [6.45, 7) is 15.2. The van der Waals surface area contributed by atoms with Crippen molar-refractivity contribution in [3.8, 4) is 0 Å². The summed E-state index contributed by atoms with van der Waals surface area (Å²) in [6, 6.07) is 0. The number of rotatable bonds is 1. The highest BCUT2D eigenvalue weighted by atomic mass is 14.2. The first-order valence-electron chi connectivity index (χ1n) is 4.50. The largest absolute Gasteiger partial charge is 0.0648 e. The first-order valence-corrected chi connectivity index (χ1v) is 4.50. The highest BCUT2D eigenvalue weighted by molar-refractivity contribution is 5.31. The molecule has 69 valence electrons. The molecule has 0 aliphatic rings. The van der Waals surface area contributed by atoms with Crippen LogP contribution in [0.1, 0.15) is 48.5 Å². The molecule has 0 saturated heterocycles. The SMILES string of the molecule is C/[C]=C(\C)C(C)=C(C)C(C)(C)C. The zero-order valence-electron chi connectivity index (χ0n) is 9.50. The molecule has 0 heterocycles. The Morgan fingerprint density at radius 3 is 1.67 bits per heavy atom. The van der Waals surface area contributed by atoms with Crippen molar-refractivity contribution in [3.05, 3.63) is 22.8 Å². The van der Waals surface area contributed by atoms with Crippen molar-refractivity contribution in [3.63, 3.8) is 0 Å². The van der Waals surface area contributed by atoms with Crippen molar-refractivity contribution in [2.24, 2.45) is 5.41 Å². The summed E-state index contributed by atoms with van der Waals surface area (Å²) in [7, 11) is 0. The lowest BCUT2D eigenvalue weighted by molar-refractivity contribution is 0.499. The van der Waals surface area contributed by atoms with Crippen LogP contribution in [0.4, 0.5) is 0 Å². The van der Waals surface area contributed by atoms with E-state index in [2.05, 4.69) is 47.6 Å². The molecule has 0 saturated carbocycles. The molecule has 0 aromatic rings. The lowest BCUT2D eigenvalue weighted by Crippen LogP contribution is -2.08. The van der Waals surface area contributed by atoms with Gasteiger partial charge in [-0.3, -0.25) is 0 Å². The molecule has 0 heteroatoms. The summed E-state index contributed by atoms with van der Waals surface area (Å²) < 4.78 is 0. The minimum Gasteiger partial charge on any atom is -0.0648 e. The molecule has 0 nitrogen and oxygen atoms in total. The summed E-state index contributed by atoms with van der Waals surface area (Å²) in [5.74, 6) is 0. The summed E-state index contributed by atoms with van der Waals surface area (Å²) in [5, 5.41) is 0. The molecule has 0 fully saturated rings. The lowest BCUT2D eigenvalue weighted by atomic mass is 9.83. The van der Waals surface area contributed by atoms with Crippen molar-refractivity contribution >= 4 is 0 Å². The van der Waals surface area contributed by atoms with Gasteiger partial charge in [0.25, 0.3) is 0 Å². The molecular formula is C12H21. The van der Waals surface area contributed by atoms with Crippen molar-refractivity contribution < 1.29 is 0 Å². The van der Waals surface area contributed by atoms with Crippen molar-refractivity contribution in [1.82, 2.24) is 0 Å². The second kappa shape index (κ2) is 3.93. The van der Waals surface area contributed by atoms with Gasteiger partial charge in [0.15, 0.2) is 0 Å². The van der Waals surface area contributed by atoms with Crippen LogP contribution >= 0.6 is 0 Å². The van der Waals surface area contributed by atoms with Gasteiger partial charge in [0.05, 0.1) is 0 Å². The standard InChI is InChI=1S/C12H21/c1-8-9(2)10(3)11(4)12(5,6)7/h1-7H3. The quantitative estimate of drug-likeness (QED) is 0.512. The second-order valence-electron chi connectivity index (χ2n) is 4.38. The molecule has 0 N–H and O–H groups in total. The number of hydrogen-bond donors (Lipinski definition) is 0. The van der Waals surface area contributed by atoms with Gasteiger partial charge in [0.1, 0.15) is 0 Å². The zero-order valence-corrected chi connectivity index (χ0v) is 9.50. The highest BCUT2D eigenvalue weighted by Crippen LogP contribution is 2.29. The molecule has 0 atom stereocenters. The van der Waals surface area contributed by atoms with Crippen LogP contribution in [0.25, 0.3) is 0 Å². The van der Waals surface area contributed by atoms with Gasteiger partial charge < -0.3 is 0 Å². The van der Waals surface area contributed by atoms with Crippen LogP contribution in [-0.2, 0) is 0 Å². The monoisotopic (exact) mass is 165 g/mol. The van der Waals surface area contributed by atoms with Gasteiger partial charge in [-0.1, -0.05) is 26.3 Å². The van der Waals surface area contributed by atoms with E-state index < -0.39 is 0 Å². The molecule has 0 rings (SSSR count). The topological polar surface area (TPSA) is 0 Å². The van der Waals surface area contributed by atoms with Crippen LogP contribution in [0.2, 0.25) is 0 Å². The molecule has 0 unspecified atom stereocenters. The average Bonchev–Trinajstić information content (AvgIpc) is 1.98. The van der Waals surface area contributed by atoms with Crippen LogP contribution in [0.3, 0.4) is 0 Å². The molecule has 12 heavy (non-hydrogen) atoms. The van der Waals surface area contributed by atoms with Crippen molar-refractivity contribution in [1.29, 1.82) is 0 Å². The average molecular weight is 165 g/mol. The first kappa shape index (κ1) is 11.5. The maximum absolute atomic E-state index is 3.18. The Hall–Kier alpha value is -0.520. The summed E-state index contributed by atoms with van der Waals surface area (Å²) in [4.78, 5) is 0. The van der Waals surface area contributed by atoms with E-state index in [1.165, 1.54) is 16.7 Å². The van der Waals surface area contributed by atoms with Crippen molar-refractivity contribution in [2.75, 3.05) is 0 Å². The van der Waals surface area contributed by atoms with E-state index in [0.717, 1.165) is 0 Å². The van der Waals surface area contributed by atoms with Gasteiger partial charge in [0, 0.05) is 0 Å².